The van der Waals surface area contributed by atoms with Crippen molar-refractivity contribution >= 4 is 11.9 Å². The van der Waals surface area contributed by atoms with Crippen molar-refractivity contribution in [1.29, 1.82) is 0 Å². The molecule has 108 valence electrons. The minimum absolute atomic E-state index is 0.520. The van der Waals surface area contributed by atoms with Crippen LogP contribution in [0.5, 0.6) is 0 Å². The molecule has 0 heterocycles. The van der Waals surface area contributed by atoms with Gasteiger partial charge in [0.25, 0.3) is 0 Å². The molecule has 0 spiro atoms. The van der Waals surface area contributed by atoms with Crippen molar-refractivity contribution < 1.29 is 24.9 Å². The van der Waals surface area contributed by atoms with Gasteiger partial charge in [0.15, 0.2) is 0 Å². The van der Waals surface area contributed by atoms with Crippen LogP contribution in [0.1, 0.15) is 26.2 Å². The first kappa shape index (κ1) is 19.1. The molecule has 0 saturated heterocycles. The first-order chi connectivity index (χ1) is 8.23. The summed E-state index contributed by atoms with van der Waals surface area (Å²) in [7, 11) is 0. The van der Waals surface area contributed by atoms with Gasteiger partial charge < -0.3 is 32.5 Å². The summed E-state index contributed by atoms with van der Waals surface area (Å²) >= 11 is 0. The van der Waals surface area contributed by atoms with Gasteiger partial charge in [0.05, 0.1) is 6.10 Å². The summed E-state index contributed by atoms with van der Waals surface area (Å²) < 4.78 is 0. The fraction of sp³-hybridized carbons (Fsp3) is 0.800. The molecule has 9 N–H and O–H groups in total. The van der Waals surface area contributed by atoms with Gasteiger partial charge in [-0.3, -0.25) is 9.59 Å². The van der Waals surface area contributed by atoms with E-state index >= 15 is 0 Å². The van der Waals surface area contributed by atoms with Crippen LogP contribution in [0.15, 0.2) is 0 Å². The number of aliphatic carboxylic acids is 2. The molecule has 2 unspecified atom stereocenters. The van der Waals surface area contributed by atoms with E-state index in [0.717, 1.165) is 12.8 Å². The molecule has 8 nitrogen and oxygen atoms in total. The number of aliphatic hydroxyl groups excluding tert-OH is 1. The molecule has 0 aliphatic carbocycles. The van der Waals surface area contributed by atoms with Gasteiger partial charge >= 0.3 is 11.9 Å². The lowest BCUT2D eigenvalue weighted by molar-refractivity contribution is -0.141. The van der Waals surface area contributed by atoms with Crippen molar-refractivity contribution in [2.45, 2.75) is 44.4 Å². The normalized spacial score (nSPS) is 14.9. The summed E-state index contributed by atoms with van der Waals surface area (Å²) in [5, 5.41) is 24.9. The van der Waals surface area contributed by atoms with E-state index in [1.807, 2.05) is 0 Å². The summed E-state index contributed by atoms with van der Waals surface area (Å²) in [6.07, 6.45) is 1.18. The van der Waals surface area contributed by atoms with Crippen molar-refractivity contribution in [2.75, 3.05) is 6.54 Å². The minimum Gasteiger partial charge on any atom is -0.480 e. The fourth-order valence-electron chi connectivity index (χ4n) is 0.838. The molecule has 3 atom stereocenters. The molecule has 0 aromatic rings. The van der Waals surface area contributed by atoms with E-state index in [1.165, 1.54) is 6.92 Å². The molecule has 18 heavy (non-hydrogen) atoms. The summed E-state index contributed by atoms with van der Waals surface area (Å²) in [6, 6.07) is -1.87. The highest BCUT2D eigenvalue weighted by Crippen LogP contribution is 1.96. The van der Waals surface area contributed by atoms with Crippen LogP contribution in [0.3, 0.4) is 0 Å². The van der Waals surface area contributed by atoms with Gasteiger partial charge in [0.2, 0.25) is 0 Å². The van der Waals surface area contributed by atoms with Crippen molar-refractivity contribution in [1.82, 2.24) is 0 Å². The van der Waals surface area contributed by atoms with Crippen LogP contribution < -0.4 is 17.2 Å². The van der Waals surface area contributed by atoms with Gasteiger partial charge in [-0.2, -0.15) is 0 Å². The fourth-order valence-corrected chi connectivity index (χ4v) is 0.838. The van der Waals surface area contributed by atoms with E-state index in [0.29, 0.717) is 13.0 Å². The third-order valence-electron chi connectivity index (χ3n) is 2.09. The van der Waals surface area contributed by atoms with Gasteiger partial charge in [-0.1, -0.05) is 6.42 Å². The summed E-state index contributed by atoms with van der Waals surface area (Å²) in [6.45, 7) is 1.94. The lowest BCUT2D eigenvalue weighted by Gasteiger charge is -2.06. The van der Waals surface area contributed by atoms with Crippen LogP contribution in [-0.2, 0) is 9.59 Å². The van der Waals surface area contributed by atoms with Crippen LogP contribution in [-0.4, -0.2) is 52.0 Å². The molecular formula is C10H23N3O5. The van der Waals surface area contributed by atoms with Crippen molar-refractivity contribution in [3.05, 3.63) is 0 Å². The number of unbranched alkanes of at least 4 members (excludes halogenated alkanes) is 1. The average Bonchev–Trinajstić information content (AvgIpc) is 2.28. The molecule has 8 heteroatoms. The molecule has 0 rings (SSSR count). The van der Waals surface area contributed by atoms with Crippen LogP contribution in [0.2, 0.25) is 0 Å². The van der Waals surface area contributed by atoms with Gasteiger partial charge in [-0.15, -0.1) is 0 Å². The first-order valence-electron chi connectivity index (χ1n) is 5.58. The third-order valence-corrected chi connectivity index (χ3v) is 2.09. The molecule has 0 aromatic heterocycles. The Bertz CT molecular complexity index is 248. The van der Waals surface area contributed by atoms with Gasteiger partial charge in [-0.25, -0.2) is 0 Å². The van der Waals surface area contributed by atoms with E-state index in [4.69, 9.17) is 32.5 Å². The number of hydrogen-bond donors (Lipinski definition) is 6. The highest BCUT2D eigenvalue weighted by Gasteiger charge is 2.16. The second-order valence-electron chi connectivity index (χ2n) is 3.83. The first-order valence-corrected chi connectivity index (χ1v) is 5.58. The topological polar surface area (TPSA) is 173 Å². The van der Waals surface area contributed by atoms with Crippen LogP contribution in [0.4, 0.5) is 0 Å². The molecule has 0 aliphatic heterocycles. The molecule has 0 bridgehead atoms. The van der Waals surface area contributed by atoms with Gasteiger partial charge in [0.1, 0.15) is 12.1 Å². The third kappa shape index (κ3) is 11.3. The lowest BCUT2D eigenvalue weighted by Crippen LogP contribution is -2.39. The number of rotatable bonds is 7. The number of carboxylic acid groups (broad SMARTS) is 2. The molecule has 0 saturated carbocycles. The Morgan fingerprint density at radius 1 is 1.11 bits per heavy atom. The summed E-state index contributed by atoms with van der Waals surface area (Å²) in [5.74, 6) is -2.11. The van der Waals surface area contributed by atoms with E-state index < -0.39 is 30.1 Å². The van der Waals surface area contributed by atoms with E-state index in [9.17, 15) is 9.59 Å². The smallest absolute Gasteiger partial charge is 0.323 e. The zero-order valence-corrected chi connectivity index (χ0v) is 10.5. The standard InChI is InChI=1S/C6H14N2O2.C4H9NO3/c7-4-2-1-3-5(8)6(9)10;1-2(6)3(5)4(7)8/h5H,1-4,7-8H2,(H,9,10);2-3,6H,5H2,1H3,(H,7,8)/t5-;/m0./s1. The van der Waals surface area contributed by atoms with E-state index in [1.54, 1.807) is 0 Å². The second kappa shape index (κ2) is 10.9. The van der Waals surface area contributed by atoms with Crippen LogP contribution in [0.25, 0.3) is 0 Å². The van der Waals surface area contributed by atoms with Crippen molar-refractivity contribution in [2.24, 2.45) is 17.2 Å². The Hall–Kier alpha value is -1.22. The maximum Gasteiger partial charge on any atom is 0.323 e. The molecule has 0 aromatic carbocycles. The predicted molar refractivity (Wildman–Crippen MR) is 65.8 cm³/mol. The zero-order chi connectivity index (χ0) is 14.7. The summed E-state index contributed by atoms with van der Waals surface area (Å²) in [4.78, 5) is 20.0. The largest absolute Gasteiger partial charge is 0.480 e. The highest BCUT2D eigenvalue weighted by atomic mass is 16.4. The second-order valence-corrected chi connectivity index (χ2v) is 3.83. The Balaban J connectivity index is 0. The maximum atomic E-state index is 10.1. The number of aliphatic hydroxyl groups is 1. The molecule has 0 amide bonds. The monoisotopic (exact) mass is 265 g/mol. The molecule has 0 aliphatic rings. The zero-order valence-electron chi connectivity index (χ0n) is 10.5. The Morgan fingerprint density at radius 3 is 1.83 bits per heavy atom. The number of carbonyl (C=O) groups is 2. The molecule has 0 radical (unpaired) electrons. The highest BCUT2D eigenvalue weighted by molar-refractivity contribution is 5.73. The van der Waals surface area contributed by atoms with Crippen LogP contribution >= 0.6 is 0 Å². The predicted octanol–water partition coefficient (Wildman–Crippen LogP) is -1.69. The van der Waals surface area contributed by atoms with E-state index in [2.05, 4.69) is 0 Å². The Labute approximate surface area is 106 Å². The lowest BCUT2D eigenvalue weighted by atomic mass is 10.1. The van der Waals surface area contributed by atoms with Gasteiger partial charge in [0, 0.05) is 0 Å². The maximum absolute atomic E-state index is 10.1. The van der Waals surface area contributed by atoms with E-state index in [-0.39, 0.29) is 0 Å². The van der Waals surface area contributed by atoms with Crippen molar-refractivity contribution in [3.63, 3.8) is 0 Å². The average molecular weight is 265 g/mol. The SMILES string of the molecule is CC(O)C(N)C(=O)O.NCCCC[C@H](N)C(=O)O. The molecular weight excluding hydrogens is 242 g/mol. The number of hydrogen-bond acceptors (Lipinski definition) is 6. The summed E-state index contributed by atoms with van der Waals surface area (Å²) in [5.41, 5.74) is 15.3. The van der Waals surface area contributed by atoms with Gasteiger partial charge in [-0.05, 0) is 26.3 Å². The molecule has 0 fully saturated rings. The Morgan fingerprint density at radius 2 is 1.61 bits per heavy atom. The minimum atomic E-state index is -1.18. The number of nitrogens with two attached hydrogens (primary N) is 3. The van der Waals surface area contributed by atoms with Crippen LogP contribution in [0, 0.1) is 0 Å². The quantitative estimate of drug-likeness (QED) is 0.295. The van der Waals surface area contributed by atoms with Crippen molar-refractivity contribution in [3.8, 4) is 0 Å². The number of carboxylic acids is 2. The Kier molecular flexibility index (Phi) is 11.6.